The molecule has 2 N–H and O–H groups in total. The van der Waals surface area contributed by atoms with Crippen molar-refractivity contribution in [1.29, 1.82) is 0 Å². The predicted octanol–water partition coefficient (Wildman–Crippen LogP) is 2.24. The number of nitrogens with one attached hydrogen (secondary N) is 1. The number of thioether (sulfide) groups is 2. The third kappa shape index (κ3) is 8.61. The molecule has 0 aromatic rings. The number of hydrogen-bond acceptors (Lipinski definition) is 7. The highest BCUT2D eigenvalue weighted by atomic mass is 32.2. The molecule has 1 fully saturated rings. The van der Waals surface area contributed by atoms with Crippen LogP contribution in [0, 0.1) is 0 Å². The van der Waals surface area contributed by atoms with Gasteiger partial charge in [0.1, 0.15) is 12.1 Å². The lowest BCUT2D eigenvalue weighted by atomic mass is 10.2. The minimum atomic E-state index is -0.976. The maximum atomic E-state index is 12.7. The quantitative estimate of drug-likeness (QED) is 0.317. The van der Waals surface area contributed by atoms with Gasteiger partial charge in [-0.3, -0.25) is 14.9 Å². The number of carboxylic acid groups (broad SMARTS) is 1. The number of nitrogens with zero attached hydrogens (tertiary/aromatic N) is 1. The van der Waals surface area contributed by atoms with Crippen LogP contribution in [0.25, 0.3) is 0 Å². The molecule has 0 aromatic carbocycles. The molecular formula is C19H34N2O5S2. The minimum Gasteiger partial charge on any atom is -0.480 e. The third-order valence-electron chi connectivity index (χ3n) is 4.51. The van der Waals surface area contributed by atoms with Crippen LogP contribution >= 0.6 is 23.5 Å². The molecule has 0 spiro atoms. The van der Waals surface area contributed by atoms with Gasteiger partial charge in [-0.1, -0.05) is 13.3 Å². The van der Waals surface area contributed by atoms with Crippen molar-refractivity contribution in [3.05, 3.63) is 0 Å². The van der Waals surface area contributed by atoms with E-state index in [-0.39, 0.29) is 18.5 Å². The van der Waals surface area contributed by atoms with Crippen LogP contribution in [0.1, 0.15) is 46.5 Å². The van der Waals surface area contributed by atoms with Gasteiger partial charge in [-0.2, -0.15) is 23.5 Å². The van der Waals surface area contributed by atoms with Gasteiger partial charge in [0.2, 0.25) is 5.91 Å². The average molecular weight is 435 g/mol. The lowest BCUT2D eigenvalue weighted by Gasteiger charge is -2.27. The first kappa shape index (κ1) is 25.1. The summed E-state index contributed by atoms with van der Waals surface area (Å²) in [5, 5.41) is 12.3. The van der Waals surface area contributed by atoms with Crippen LogP contribution in [0.15, 0.2) is 0 Å². The van der Waals surface area contributed by atoms with Crippen molar-refractivity contribution >= 4 is 41.4 Å². The Labute approximate surface area is 176 Å². The monoisotopic (exact) mass is 434 g/mol. The van der Waals surface area contributed by atoms with Gasteiger partial charge in [-0.05, 0) is 38.9 Å². The molecule has 1 heterocycles. The molecule has 1 amide bonds. The zero-order chi connectivity index (χ0) is 20.9. The number of likely N-dealkylation sites (tertiary alicyclic amines) is 1. The Morgan fingerprint density at radius 3 is 2.57 bits per heavy atom. The molecule has 28 heavy (non-hydrogen) atoms. The van der Waals surface area contributed by atoms with Crippen molar-refractivity contribution in [2.75, 3.05) is 36.2 Å². The number of esters is 1. The van der Waals surface area contributed by atoms with E-state index < -0.39 is 24.1 Å². The van der Waals surface area contributed by atoms with E-state index in [1.54, 1.807) is 25.6 Å². The number of hydrogen-bond donors (Lipinski definition) is 2. The number of carbonyl (C=O) groups excluding carboxylic acids is 2. The Balaban J connectivity index is 2.53. The third-order valence-corrected chi connectivity index (χ3v) is 6.90. The summed E-state index contributed by atoms with van der Waals surface area (Å²) in [6.45, 7) is 6.33. The zero-order valence-electron chi connectivity index (χ0n) is 17.1. The molecule has 7 nitrogen and oxygen atoms in total. The highest BCUT2D eigenvalue weighted by Gasteiger charge is 2.36. The Morgan fingerprint density at radius 1 is 1.21 bits per heavy atom. The maximum Gasteiger partial charge on any atom is 0.326 e. The molecule has 1 aliphatic heterocycles. The normalized spacial score (nSPS) is 18.7. The standard InChI is InChI=1S/C19H34N2O5S2/c1-4-6-10-27-11-12-28-13-15(19(25)26-5-2)20-14(3)17(22)21-9-7-8-16(21)18(23)24/h14-16,20H,4-13H2,1-3H3,(H,23,24)/t14-,15-,16-/m0/s1. The second-order valence-electron chi connectivity index (χ2n) is 6.76. The van der Waals surface area contributed by atoms with Gasteiger partial charge >= 0.3 is 11.9 Å². The Morgan fingerprint density at radius 2 is 1.93 bits per heavy atom. The van der Waals surface area contributed by atoms with Crippen LogP contribution in [-0.4, -0.2) is 82.1 Å². The molecule has 0 bridgehead atoms. The van der Waals surface area contributed by atoms with E-state index >= 15 is 0 Å². The van der Waals surface area contributed by atoms with Crippen molar-refractivity contribution < 1.29 is 24.2 Å². The summed E-state index contributed by atoms with van der Waals surface area (Å²) in [7, 11) is 0. The van der Waals surface area contributed by atoms with Crippen molar-refractivity contribution in [1.82, 2.24) is 10.2 Å². The maximum absolute atomic E-state index is 12.7. The Hall–Kier alpha value is -0.930. The first-order chi connectivity index (χ1) is 13.4. The predicted molar refractivity (Wildman–Crippen MR) is 115 cm³/mol. The second kappa shape index (κ2) is 14.1. The fourth-order valence-electron chi connectivity index (χ4n) is 3.00. The molecule has 9 heteroatoms. The van der Waals surface area contributed by atoms with Gasteiger partial charge in [0.05, 0.1) is 12.6 Å². The van der Waals surface area contributed by atoms with Gasteiger partial charge in [0, 0.05) is 23.8 Å². The van der Waals surface area contributed by atoms with E-state index in [0.717, 1.165) is 17.3 Å². The molecular weight excluding hydrogens is 400 g/mol. The molecule has 162 valence electrons. The van der Waals surface area contributed by atoms with Crippen molar-refractivity contribution in [2.45, 2.75) is 64.6 Å². The minimum absolute atomic E-state index is 0.278. The molecule has 0 unspecified atom stereocenters. The molecule has 0 aliphatic carbocycles. The summed E-state index contributed by atoms with van der Waals surface area (Å²) in [5.41, 5.74) is 0. The lowest BCUT2D eigenvalue weighted by molar-refractivity contribution is -0.150. The number of amides is 1. The fourth-order valence-corrected chi connectivity index (χ4v) is 5.28. The van der Waals surface area contributed by atoms with Gasteiger partial charge in [-0.25, -0.2) is 4.79 Å². The van der Waals surface area contributed by atoms with Crippen LogP contribution < -0.4 is 5.32 Å². The number of carbonyl (C=O) groups is 3. The van der Waals surface area contributed by atoms with Crippen LogP contribution in [-0.2, 0) is 19.1 Å². The molecule has 0 saturated carbocycles. The number of ether oxygens (including phenoxy) is 1. The van der Waals surface area contributed by atoms with E-state index in [9.17, 15) is 19.5 Å². The number of carboxylic acids is 1. The lowest BCUT2D eigenvalue weighted by Crippen LogP contribution is -2.54. The zero-order valence-corrected chi connectivity index (χ0v) is 18.8. The number of unbranched alkanes of at least 4 members (excludes halogenated alkanes) is 1. The van der Waals surface area contributed by atoms with E-state index in [2.05, 4.69) is 12.2 Å². The van der Waals surface area contributed by atoms with Crippen molar-refractivity contribution in [3.8, 4) is 0 Å². The van der Waals surface area contributed by atoms with E-state index in [0.29, 0.717) is 25.1 Å². The number of aliphatic carboxylic acids is 1. The summed E-state index contributed by atoms with van der Waals surface area (Å²) in [6.07, 6.45) is 3.57. The SMILES string of the molecule is CCCCSCCSC[C@H](N[C@@H](C)C(=O)N1CCC[C@H]1C(=O)O)C(=O)OCC. The first-order valence-electron chi connectivity index (χ1n) is 10.0. The molecule has 1 aliphatic rings. The van der Waals surface area contributed by atoms with Gasteiger partial charge < -0.3 is 14.7 Å². The van der Waals surface area contributed by atoms with E-state index in [4.69, 9.17) is 4.74 Å². The fraction of sp³-hybridized carbons (Fsp3) is 0.842. The average Bonchev–Trinajstić information content (AvgIpc) is 3.15. The molecule has 0 aromatic heterocycles. The Kier molecular flexibility index (Phi) is 12.7. The largest absolute Gasteiger partial charge is 0.480 e. The highest BCUT2D eigenvalue weighted by molar-refractivity contribution is 8.02. The first-order valence-corrected chi connectivity index (χ1v) is 12.3. The van der Waals surface area contributed by atoms with E-state index in [1.807, 2.05) is 11.8 Å². The van der Waals surface area contributed by atoms with Gasteiger partial charge in [0.25, 0.3) is 0 Å². The van der Waals surface area contributed by atoms with Crippen molar-refractivity contribution in [3.63, 3.8) is 0 Å². The Bertz CT molecular complexity index is 507. The summed E-state index contributed by atoms with van der Waals surface area (Å²) < 4.78 is 5.14. The van der Waals surface area contributed by atoms with Gasteiger partial charge in [-0.15, -0.1) is 0 Å². The molecule has 3 atom stereocenters. The molecule has 1 saturated heterocycles. The smallest absolute Gasteiger partial charge is 0.326 e. The topological polar surface area (TPSA) is 95.9 Å². The molecule has 0 radical (unpaired) electrons. The van der Waals surface area contributed by atoms with Crippen LogP contribution in [0.4, 0.5) is 0 Å². The number of rotatable bonds is 14. The molecule has 1 rings (SSSR count). The summed E-state index contributed by atoms with van der Waals surface area (Å²) in [5.74, 6) is 2.01. The summed E-state index contributed by atoms with van der Waals surface area (Å²) in [6, 6.07) is -2.00. The van der Waals surface area contributed by atoms with E-state index in [1.165, 1.54) is 17.7 Å². The van der Waals surface area contributed by atoms with Crippen LogP contribution in [0.2, 0.25) is 0 Å². The van der Waals surface area contributed by atoms with Gasteiger partial charge in [0.15, 0.2) is 0 Å². The summed E-state index contributed by atoms with van der Waals surface area (Å²) in [4.78, 5) is 37.7. The van der Waals surface area contributed by atoms with Crippen LogP contribution in [0.3, 0.4) is 0 Å². The van der Waals surface area contributed by atoms with Crippen molar-refractivity contribution in [2.24, 2.45) is 0 Å². The highest BCUT2D eigenvalue weighted by Crippen LogP contribution is 2.19. The second-order valence-corrected chi connectivity index (χ2v) is 9.14. The summed E-state index contributed by atoms with van der Waals surface area (Å²) >= 11 is 3.57. The van der Waals surface area contributed by atoms with Crippen LogP contribution in [0.5, 0.6) is 0 Å².